The van der Waals surface area contributed by atoms with E-state index in [0.29, 0.717) is 35.6 Å². The third-order valence-electron chi connectivity index (χ3n) is 9.73. The summed E-state index contributed by atoms with van der Waals surface area (Å²) < 4.78 is 17.9. The van der Waals surface area contributed by atoms with Crippen molar-refractivity contribution in [3.05, 3.63) is 101 Å². The first-order valence-electron chi connectivity index (χ1n) is 15.6. The lowest BCUT2D eigenvalue weighted by atomic mass is 9.55. The number of benzene rings is 2. The number of hydrogen-bond acceptors (Lipinski definition) is 8. The van der Waals surface area contributed by atoms with Gasteiger partial charge in [-0.2, -0.15) is 0 Å². The van der Waals surface area contributed by atoms with Gasteiger partial charge in [-0.25, -0.2) is 0 Å². The van der Waals surface area contributed by atoms with Gasteiger partial charge in [-0.3, -0.25) is 19.4 Å². The highest BCUT2D eigenvalue weighted by molar-refractivity contribution is 6.53. The largest absolute Gasteiger partial charge is 0.489 e. The third-order valence-corrected chi connectivity index (χ3v) is 9.73. The molecule has 10 heteroatoms. The monoisotopic (exact) mass is 596 g/mol. The number of fused-ring (bicyclic) bond motifs is 3. The lowest BCUT2D eigenvalue weighted by Crippen LogP contribution is -2.48. The fourth-order valence-corrected chi connectivity index (χ4v) is 7.63. The molecule has 4 aliphatic rings. The highest BCUT2D eigenvalue weighted by atomic mass is 16.5. The van der Waals surface area contributed by atoms with Crippen LogP contribution in [0.1, 0.15) is 48.9 Å². The van der Waals surface area contributed by atoms with Gasteiger partial charge in [0.15, 0.2) is 0 Å². The number of aliphatic hydroxyl groups is 1. The zero-order chi connectivity index (χ0) is 30.2. The minimum atomic E-state index is -1.27. The van der Waals surface area contributed by atoms with Crippen LogP contribution in [-0.4, -0.2) is 64.6 Å². The van der Waals surface area contributed by atoms with Gasteiger partial charge in [0.1, 0.15) is 36.6 Å². The quantitative estimate of drug-likeness (QED) is 0.298. The van der Waals surface area contributed by atoms with E-state index < -0.39 is 31.0 Å². The second-order valence-electron chi connectivity index (χ2n) is 12.3. The first kappa shape index (κ1) is 29.0. The second-order valence-corrected chi connectivity index (χ2v) is 12.3. The molecule has 0 unspecified atom stereocenters. The Kier molecular flexibility index (Phi) is 8.16. The minimum Gasteiger partial charge on any atom is -0.489 e. The standard InChI is InChI=1S/C34H37BN2O7/c38-20-26-11-12-29(43-26)30-18-27-31-28(17-23(32(27)35(41)44-30)21-42-25-9-5-2-6-10-25)33(39)37(34(31)40)24-13-15-36(16-14-24)19-22-7-3-1-4-8-22/h1-12,24,27-28,30-31,38,41H,13-21H2/t27-,28-,30-,31+/m0/s1. The SMILES string of the molecule is O=C1[C@H]2[C@H](CC(COc3ccccc3)=C3B(O)O[C@H](c4ccc(CO)o4)C[C@H]32)C(=O)N1C1CCN(Cc2ccccc2)CC1. The van der Waals surface area contributed by atoms with Crippen molar-refractivity contribution in [1.29, 1.82) is 0 Å². The van der Waals surface area contributed by atoms with E-state index in [0.717, 1.165) is 38.0 Å². The Bertz CT molecular complexity index is 1520. The molecule has 2 amide bonds. The average molecular weight is 596 g/mol. The van der Waals surface area contributed by atoms with E-state index in [2.05, 4.69) is 17.0 Å². The van der Waals surface area contributed by atoms with E-state index in [-0.39, 0.29) is 31.1 Å². The molecule has 1 aliphatic carbocycles. The Morgan fingerprint density at radius 1 is 0.909 bits per heavy atom. The van der Waals surface area contributed by atoms with Gasteiger partial charge in [-0.1, -0.05) is 48.5 Å². The van der Waals surface area contributed by atoms with Crippen LogP contribution >= 0.6 is 0 Å². The molecule has 0 radical (unpaired) electrons. The molecule has 2 N–H and O–H groups in total. The van der Waals surface area contributed by atoms with Gasteiger partial charge < -0.3 is 23.9 Å². The number of aliphatic hydroxyl groups excluding tert-OH is 1. The van der Waals surface area contributed by atoms with Gasteiger partial charge in [0.25, 0.3) is 0 Å². The summed E-state index contributed by atoms with van der Waals surface area (Å²) in [5, 5.41) is 20.9. The van der Waals surface area contributed by atoms with E-state index in [1.54, 1.807) is 17.0 Å². The first-order chi connectivity index (χ1) is 21.5. The van der Waals surface area contributed by atoms with Gasteiger partial charge in [0.2, 0.25) is 11.8 Å². The summed E-state index contributed by atoms with van der Waals surface area (Å²) in [6.07, 6.45) is 1.58. The number of furan rings is 1. The number of ether oxygens (including phenoxy) is 1. The molecule has 44 heavy (non-hydrogen) atoms. The number of para-hydroxylation sites is 1. The maximum absolute atomic E-state index is 14.2. The fraction of sp³-hybridized carbons (Fsp3) is 0.412. The lowest BCUT2D eigenvalue weighted by molar-refractivity contribution is -0.144. The first-order valence-corrected chi connectivity index (χ1v) is 15.6. The number of rotatable bonds is 8. The Labute approximate surface area is 257 Å². The predicted molar refractivity (Wildman–Crippen MR) is 162 cm³/mol. The number of allylic oxidation sites excluding steroid dienone is 1. The molecule has 3 aliphatic heterocycles. The van der Waals surface area contributed by atoms with Crippen LogP contribution in [0, 0.1) is 17.8 Å². The molecule has 228 valence electrons. The van der Waals surface area contributed by atoms with E-state index in [1.165, 1.54) is 5.56 Å². The molecular weight excluding hydrogens is 559 g/mol. The van der Waals surface area contributed by atoms with Crippen molar-refractivity contribution in [1.82, 2.24) is 9.80 Å². The van der Waals surface area contributed by atoms with Crippen LogP contribution in [0.2, 0.25) is 0 Å². The number of hydrogen-bond donors (Lipinski definition) is 2. The van der Waals surface area contributed by atoms with Crippen LogP contribution in [0.4, 0.5) is 0 Å². The smallest absolute Gasteiger partial charge is 0.487 e. The Morgan fingerprint density at radius 3 is 2.34 bits per heavy atom. The third kappa shape index (κ3) is 5.52. The van der Waals surface area contributed by atoms with Crippen molar-refractivity contribution >= 4 is 18.9 Å². The van der Waals surface area contributed by atoms with Crippen LogP contribution in [0.5, 0.6) is 5.75 Å². The lowest BCUT2D eigenvalue weighted by Gasteiger charge is -2.41. The summed E-state index contributed by atoms with van der Waals surface area (Å²) in [6.45, 7) is 2.43. The maximum Gasteiger partial charge on any atom is 0.487 e. The van der Waals surface area contributed by atoms with Crippen LogP contribution in [0.25, 0.3) is 0 Å². The Morgan fingerprint density at radius 2 is 1.64 bits per heavy atom. The number of piperidine rings is 1. The van der Waals surface area contributed by atoms with E-state index in [1.807, 2.05) is 48.5 Å². The van der Waals surface area contributed by atoms with Gasteiger partial charge in [0, 0.05) is 25.7 Å². The molecule has 0 bridgehead atoms. The fourth-order valence-electron chi connectivity index (χ4n) is 7.63. The molecule has 3 saturated heterocycles. The number of likely N-dealkylation sites (tertiary alicyclic amines) is 2. The highest BCUT2D eigenvalue weighted by Crippen LogP contribution is 2.52. The van der Waals surface area contributed by atoms with Crippen LogP contribution in [0.15, 0.2) is 88.3 Å². The van der Waals surface area contributed by atoms with Gasteiger partial charge in [-0.15, -0.1) is 0 Å². The maximum atomic E-state index is 14.2. The number of nitrogens with zero attached hydrogens (tertiary/aromatic N) is 2. The Balaban J connectivity index is 1.13. The summed E-state index contributed by atoms with van der Waals surface area (Å²) in [6, 6.07) is 23.0. The molecule has 4 atom stereocenters. The van der Waals surface area contributed by atoms with Gasteiger partial charge >= 0.3 is 7.12 Å². The minimum absolute atomic E-state index is 0.115. The van der Waals surface area contributed by atoms with E-state index >= 15 is 0 Å². The Hall–Kier alpha value is -3.70. The topological polar surface area (TPSA) is 113 Å². The van der Waals surface area contributed by atoms with Crippen molar-refractivity contribution < 1.29 is 33.5 Å². The molecule has 9 nitrogen and oxygen atoms in total. The summed E-state index contributed by atoms with van der Waals surface area (Å²) in [5.74, 6) is -0.179. The summed E-state index contributed by atoms with van der Waals surface area (Å²) in [4.78, 5) is 32.2. The molecule has 1 aromatic heterocycles. The zero-order valence-corrected chi connectivity index (χ0v) is 24.6. The van der Waals surface area contributed by atoms with Gasteiger partial charge in [-0.05, 0) is 72.5 Å². The normalized spacial score (nSPS) is 26.2. The molecule has 3 aromatic rings. The van der Waals surface area contributed by atoms with Crippen LogP contribution in [-0.2, 0) is 27.4 Å². The molecule has 7 rings (SSSR count). The summed E-state index contributed by atoms with van der Waals surface area (Å²) in [7, 11) is -1.27. The average Bonchev–Trinajstić information content (AvgIpc) is 3.63. The van der Waals surface area contributed by atoms with Crippen molar-refractivity contribution in [2.75, 3.05) is 19.7 Å². The zero-order valence-electron chi connectivity index (χ0n) is 24.6. The molecule has 4 heterocycles. The molecule has 2 aromatic carbocycles. The predicted octanol–water partition coefficient (Wildman–Crippen LogP) is 3.91. The number of carbonyl (C=O) groups is 2. The number of imide groups is 1. The molecule has 0 saturated carbocycles. The number of carbonyl (C=O) groups excluding carboxylic acids is 2. The van der Waals surface area contributed by atoms with Crippen molar-refractivity contribution in [3.63, 3.8) is 0 Å². The highest BCUT2D eigenvalue weighted by Gasteiger charge is 2.59. The van der Waals surface area contributed by atoms with Crippen LogP contribution in [0.3, 0.4) is 0 Å². The van der Waals surface area contributed by atoms with Gasteiger partial charge in [0.05, 0.1) is 11.8 Å². The van der Waals surface area contributed by atoms with Crippen LogP contribution < -0.4 is 4.74 Å². The van der Waals surface area contributed by atoms with Crippen molar-refractivity contribution in [2.24, 2.45) is 17.8 Å². The molecule has 0 spiro atoms. The molecule has 3 fully saturated rings. The van der Waals surface area contributed by atoms with Crippen molar-refractivity contribution in [2.45, 2.75) is 51.0 Å². The van der Waals surface area contributed by atoms with Crippen molar-refractivity contribution in [3.8, 4) is 5.75 Å². The number of amides is 2. The summed E-state index contributed by atoms with van der Waals surface area (Å²) in [5.41, 5.74) is 2.71. The summed E-state index contributed by atoms with van der Waals surface area (Å²) >= 11 is 0. The van der Waals surface area contributed by atoms with E-state index in [9.17, 15) is 19.7 Å². The molecular formula is C34H37BN2O7. The van der Waals surface area contributed by atoms with E-state index in [4.69, 9.17) is 13.8 Å². The second kappa shape index (κ2) is 12.4.